The predicted octanol–water partition coefficient (Wildman–Crippen LogP) is 2.31. The van der Waals surface area contributed by atoms with Crippen LogP contribution in [0.4, 0.5) is 8.78 Å². The van der Waals surface area contributed by atoms with Crippen LogP contribution in [0, 0.1) is 0 Å². The highest BCUT2D eigenvalue weighted by atomic mass is 32.1. The maximum absolute atomic E-state index is 12.9. The van der Waals surface area contributed by atoms with E-state index in [4.69, 9.17) is 5.11 Å². The molecular weight excluding hydrogens is 186 g/mol. The first-order valence-electron chi connectivity index (χ1n) is 3.16. The van der Waals surface area contributed by atoms with Gasteiger partial charge in [-0.1, -0.05) is 6.07 Å². The summed E-state index contributed by atoms with van der Waals surface area (Å²) in [6.07, 6.45) is -1.15. The van der Waals surface area contributed by atoms with Gasteiger partial charge in [-0.15, -0.1) is 11.3 Å². The van der Waals surface area contributed by atoms with Gasteiger partial charge in [0.15, 0.2) is 0 Å². The van der Waals surface area contributed by atoms with Crippen LogP contribution < -0.4 is 0 Å². The van der Waals surface area contributed by atoms with Gasteiger partial charge in [0.25, 0.3) is 5.92 Å². The standard InChI is InChI=1S/C7H6F2O2S/c8-7(9,4-6(10)11)5-2-1-3-12-5/h1-3H,4H2,(H,10,11). The number of halogens is 2. The second-order valence-electron chi connectivity index (χ2n) is 2.25. The maximum Gasteiger partial charge on any atom is 0.309 e. The monoisotopic (exact) mass is 192 g/mol. The molecule has 5 heteroatoms. The Balaban J connectivity index is 2.79. The van der Waals surface area contributed by atoms with E-state index >= 15 is 0 Å². The minimum Gasteiger partial charge on any atom is -0.481 e. The predicted molar refractivity (Wildman–Crippen MR) is 40.5 cm³/mol. The summed E-state index contributed by atoms with van der Waals surface area (Å²) in [5.41, 5.74) is 0. The third-order valence-electron chi connectivity index (χ3n) is 1.25. The van der Waals surface area contributed by atoms with Crippen molar-refractivity contribution < 1.29 is 18.7 Å². The molecule has 0 amide bonds. The molecule has 0 saturated heterocycles. The van der Waals surface area contributed by atoms with E-state index in [0.717, 1.165) is 11.3 Å². The average molecular weight is 192 g/mol. The lowest BCUT2D eigenvalue weighted by atomic mass is 10.2. The van der Waals surface area contributed by atoms with Crippen molar-refractivity contribution in [3.63, 3.8) is 0 Å². The Labute approximate surface area is 71.5 Å². The van der Waals surface area contributed by atoms with Crippen LogP contribution in [0.3, 0.4) is 0 Å². The molecule has 1 heterocycles. The highest BCUT2D eigenvalue weighted by molar-refractivity contribution is 7.10. The zero-order chi connectivity index (χ0) is 9.19. The Hall–Kier alpha value is -0.970. The molecule has 0 bridgehead atoms. The molecule has 0 aliphatic heterocycles. The van der Waals surface area contributed by atoms with Crippen LogP contribution in [0.2, 0.25) is 0 Å². The van der Waals surface area contributed by atoms with Crippen LogP contribution in [0.1, 0.15) is 11.3 Å². The summed E-state index contributed by atoms with van der Waals surface area (Å²) in [5.74, 6) is -4.73. The lowest BCUT2D eigenvalue weighted by Crippen LogP contribution is -2.16. The third-order valence-corrected chi connectivity index (χ3v) is 2.24. The lowest BCUT2D eigenvalue weighted by molar-refractivity contribution is -0.145. The van der Waals surface area contributed by atoms with E-state index in [2.05, 4.69) is 0 Å². The fraction of sp³-hybridized carbons (Fsp3) is 0.286. The fourth-order valence-electron chi connectivity index (χ4n) is 0.764. The van der Waals surface area contributed by atoms with Crippen molar-refractivity contribution in [3.05, 3.63) is 22.4 Å². The van der Waals surface area contributed by atoms with E-state index in [0.29, 0.717) is 0 Å². The molecule has 0 spiro atoms. The normalized spacial score (nSPS) is 11.5. The number of hydrogen-bond donors (Lipinski definition) is 1. The number of carboxylic acid groups (broad SMARTS) is 1. The molecule has 1 aromatic rings. The van der Waals surface area contributed by atoms with Gasteiger partial charge in [-0.3, -0.25) is 4.79 Å². The highest BCUT2D eigenvalue weighted by Crippen LogP contribution is 2.34. The SMILES string of the molecule is O=C(O)CC(F)(F)c1cccs1. The molecule has 0 aliphatic rings. The molecule has 0 aromatic carbocycles. The molecule has 1 N–H and O–H groups in total. The Kier molecular flexibility index (Phi) is 2.42. The van der Waals surface area contributed by atoms with Crippen LogP contribution in [-0.4, -0.2) is 11.1 Å². The largest absolute Gasteiger partial charge is 0.481 e. The van der Waals surface area contributed by atoms with Crippen molar-refractivity contribution in [3.8, 4) is 0 Å². The summed E-state index contributed by atoms with van der Waals surface area (Å²) < 4.78 is 25.7. The van der Waals surface area contributed by atoms with Gasteiger partial charge in [-0.25, -0.2) is 0 Å². The molecule has 1 rings (SSSR count). The molecule has 12 heavy (non-hydrogen) atoms. The van der Waals surface area contributed by atoms with Gasteiger partial charge >= 0.3 is 5.97 Å². The molecule has 2 nitrogen and oxygen atoms in total. The first kappa shape index (κ1) is 9.12. The van der Waals surface area contributed by atoms with Gasteiger partial charge in [-0.2, -0.15) is 8.78 Å². The molecule has 0 atom stereocenters. The van der Waals surface area contributed by atoms with E-state index in [-0.39, 0.29) is 4.88 Å². The summed E-state index contributed by atoms with van der Waals surface area (Å²) in [5, 5.41) is 9.66. The van der Waals surface area contributed by atoms with E-state index in [1.165, 1.54) is 17.5 Å². The molecule has 0 saturated carbocycles. The van der Waals surface area contributed by atoms with Crippen molar-refractivity contribution in [2.45, 2.75) is 12.3 Å². The van der Waals surface area contributed by atoms with Crippen LogP contribution in [0.25, 0.3) is 0 Å². The lowest BCUT2D eigenvalue weighted by Gasteiger charge is -2.10. The molecule has 66 valence electrons. The maximum atomic E-state index is 12.9. The number of alkyl halides is 2. The van der Waals surface area contributed by atoms with Crippen LogP contribution in [0.15, 0.2) is 17.5 Å². The van der Waals surface area contributed by atoms with Gasteiger partial charge in [0.05, 0.1) is 4.88 Å². The van der Waals surface area contributed by atoms with Crippen LogP contribution in [-0.2, 0) is 10.7 Å². The topological polar surface area (TPSA) is 37.3 Å². The average Bonchev–Trinajstić information content (AvgIpc) is 2.32. The van der Waals surface area contributed by atoms with Crippen LogP contribution in [0.5, 0.6) is 0 Å². The van der Waals surface area contributed by atoms with Crippen molar-refractivity contribution in [2.24, 2.45) is 0 Å². The first-order chi connectivity index (χ1) is 5.52. The second kappa shape index (κ2) is 3.18. The van der Waals surface area contributed by atoms with E-state index in [9.17, 15) is 13.6 Å². The fourth-order valence-corrected chi connectivity index (χ4v) is 1.47. The van der Waals surface area contributed by atoms with Gasteiger partial charge in [0.2, 0.25) is 0 Å². The van der Waals surface area contributed by atoms with Crippen molar-refractivity contribution in [2.75, 3.05) is 0 Å². The third kappa shape index (κ3) is 2.01. The van der Waals surface area contributed by atoms with E-state index in [1.807, 2.05) is 0 Å². The Morgan fingerprint density at radius 3 is 2.75 bits per heavy atom. The van der Waals surface area contributed by atoms with E-state index in [1.54, 1.807) is 0 Å². The van der Waals surface area contributed by atoms with Crippen molar-refractivity contribution in [1.82, 2.24) is 0 Å². The Bertz CT molecular complexity index is 269. The summed E-state index contributed by atoms with van der Waals surface area (Å²) in [4.78, 5) is 9.83. The second-order valence-corrected chi connectivity index (χ2v) is 3.20. The smallest absolute Gasteiger partial charge is 0.309 e. The molecule has 0 aliphatic carbocycles. The number of rotatable bonds is 3. The number of hydrogen-bond acceptors (Lipinski definition) is 2. The number of carboxylic acids is 1. The molecule has 0 fully saturated rings. The minimum atomic E-state index is -3.24. The molecule has 0 unspecified atom stereocenters. The van der Waals surface area contributed by atoms with Crippen LogP contribution >= 0.6 is 11.3 Å². The minimum absolute atomic E-state index is 0.204. The zero-order valence-corrected chi connectivity index (χ0v) is 6.78. The van der Waals surface area contributed by atoms with Gasteiger partial charge < -0.3 is 5.11 Å². The van der Waals surface area contributed by atoms with Gasteiger partial charge in [-0.05, 0) is 11.4 Å². The number of aliphatic carboxylic acids is 1. The molecule has 0 radical (unpaired) electrons. The first-order valence-corrected chi connectivity index (χ1v) is 4.04. The summed E-state index contributed by atoms with van der Waals surface area (Å²) in [6.45, 7) is 0. The quantitative estimate of drug-likeness (QED) is 0.797. The summed E-state index contributed by atoms with van der Waals surface area (Å²) >= 11 is 0.859. The zero-order valence-electron chi connectivity index (χ0n) is 5.96. The Morgan fingerprint density at radius 2 is 2.33 bits per heavy atom. The van der Waals surface area contributed by atoms with Gasteiger partial charge in [0.1, 0.15) is 6.42 Å². The summed E-state index contributed by atoms with van der Waals surface area (Å²) in [6, 6.07) is 2.70. The summed E-state index contributed by atoms with van der Waals surface area (Å²) in [7, 11) is 0. The number of thiophene rings is 1. The van der Waals surface area contributed by atoms with Gasteiger partial charge in [0, 0.05) is 0 Å². The molecule has 1 aromatic heterocycles. The number of carbonyl (C=O) groups is 1. The molecular formula is C7H6F2O2S. The van der Waals surface area contributed by atoms with Crippen molar-refractivity contribution in [1.29, 1.82) is 0 Å². The van der Waals surface area contributed by atoms with Crippen molar-refractivity contribution >= 4 is 17.3 Å². The van der Waals surface area contributed by atoms with E-state index < -0.39 is 18.3 Å². The highest BCUT2D eigenvalue weighted by Gasteiger charge is 2.35. The Morgan fingerprint density at radius 1 is 1.67 bits per heavy atom.